The number of nitrogens with zero attached hydrogens (tertiary/aromatic N) is 3. The number of nitro groups is 1. The van der Waals surface area contributed by atoms with Crippen molar-refractivity contribution in [2.45, 2.75) is 38.6 Å². The number of aryl methyl sites for hydroxylation is 1. The topological polar surface area (TPSA) is 88.7 Å². The van der Waals surface area contributed by atoms with Crippen molar-refractivity contribution < 1.29 is 14.8 Å². The van der Waals surface area contributed by atoms with E-state index in [1.54, 1.807) is 13.0 Å². The van der Waals surface area contributed by atoms with Crippen molar-refractivity contribution in [2.24, 2.45) is 5.41 Å². The molecule has 0 saturated carbocycles. The van der Waals surface area contributed by atoms with E-state index in [1.807, 2.05) is 0 Å². The maximum Gasteiger partial charge on any atom is 0.290 e. The van der Waals surface area contributed by atoms with E-state index in [9.17, 15) is 15.2 Å². The van der Waals surface area contributed by atoms with E-state index in [2.05, 4.69) is 9.88 Å². The van der Waals surface area contributed by atoms with Gasteiger partial charge in [-0.15, -0.1) is 0 Å². The first-order valence-corrected chi connectivity index (χ1v) is 8.12. The third-order valence-electron chi connectivity index (χ3n) is 5.25. The summed E-state index contributed by atoms with van der Waals surface area (Å²) in [7, 11) is 0. The molecule has 3 heterocycles. The SMILES string of the molecule is Cc1nc(N2CC3(CCOCC3)CCC2CO)ccc1[N+](=O)[O-]. The van der Waals surface area contributed by atoms with Crippen LogP contribution in [-0.4, -0.2) is 47.4 Å². The average Bonchev–Trinajstić information content (AvgIpc) is 2.55. The molecule has 7 heteroatoms. The fourth-order valence-corrected chi connectivity index (χ4v) is 3.76. The Morgan fingerprint density at radius 1 is 1.43 bits per heavy atom. The van der Waals surface area contributed by atoms with Gasteiger partial charge in [0.25, 0.3) is 5.69 Å². The molecule has 23 heavy (non-hydrogen) atoms. The highest BCUT2D eigenvalue weighted by molar-refractivity contribution is 5.48. The van der Waals surface area contributed by atoms with Crippen molar-refractivity contribution in [3.05, 3.63) is 27.9 Å². The minimum atomic E-state index is -0.411. The van der Waals surface area contributed by atoms with Crippen LogP contribution >= 0.6 is 0 Å². The van der Waals surface area contributed by atoms with E-state index in [1.165, 1.54) is 6.07 Å². The van der Waals surface area contributed by atoms with Crippen molar-refractivity contribution in [2.75, 3.05) is 31.3 Å². The summed E-state index contributed by atoms with van der Waals surface area (Å²) in [6.07, 6.45) is 4.04. The quantitative estimate of drug-likeness (QED) is 0.677. The Balaban J connectivity index is 1.88. The Bertz CT molecular complexity index is 587. The van der Waals surface area contributed by atoms with Crippen LogP contribution in [0.15, 0.2) is 12.1 Å². The molecule has 0 aliphatic carbocycles. The van der Waals surface area contributed by atoms with Gasteiger partial charge in [0.1, 0.15) is 11.5 Å². The minimum Gasteiger partial charge on any atom is -0.394 e. The van der Waals surface area contributed by atoms with E-state index in [0.717, 1.165) is 51.3 Å². The van der Waals surface area contributed by atoms with Gasteiger partial charge in [0.2, 0.25) is 0 Å². The van der Waals surface area contributed by atoms with Gasteiger partial charge in [-0.1, -0.05) is 0 Å². The molecule has 1 N–H and O–H groups in total. The van der Waals surface area contributed by atoms with Crippen LogP contribution in [0.2, 0.25) is 0 Å². The Morgan fingerprint density at radius 2 is 2.17 bits per heavy atom. The summed E-state index contributed by atoms with van der Waals surface area (Å²) in [4.78, 5) is 17.1. The number of rotatable bonds is 3. The van der Waals surface area contributed by atoms with E-state index in [-0.39, 0.29) is 23.8 Å². The lowest BCUT2D eigenvalue weighted by molar-refractivity contribution is -0.385. The second-order valence-corrected chi connectivity index (χ2v) is 6.65. The highest BCUT2D eigenvalue weighted by Crippen LogP contribution is 2.42. The fraction of sp³-hybridized carbons (Fsp3) is 0.688. The van der Waals surface area contributed by atoms with Gasteiger partial charge in [-0.05, 0) is 44.1 Å². The molecule has 3 rings (SSSR count). The van der Waals surface area contributed by atoms with Crippen molar-refractivity contribution in [1.82, 2.24) is 4.98 Å². The van der Waals surface area contributed by atoms with E-state index in [4.69, 9.17) is 4.74 Å². The number of aromatic nitrogens is 1. The highest BCUT2D eigenvalue weighted by atomic mass is 16.6. The molecule has 0 amide bonds. The van der Waals surface area contributed by atoms with Crippen LogP contribution in [0, 0.1) is 22.5 Å². The van der Waals surface area contributed by atoms with Crippen molar-refractivity contribution >= 4 is 11.5 Å². The lowest BCUT2D eigenvalue weighted by atomic mass is 9.72. The molecule has 2 aliphatic heterocycles. The predicted octanol–water partition coefficient (Wildman–Crippen LogP) is 2.06. The third kappa shape index (κ3) is 3.16. The Morgan fingerprint density at radius 3 is 2.78 bits per heavy atom. The van der Waals surface area contributed by atoms with Crippen LogP contribution in [0.25, 0.3) is 0 Å². The van der Waals surface area contributed by atoms with Gasteiger partial charge in [0.15, 0.2) is 0 Å². The summed E-state index contributed by atoms with van der Waals surface area (Å²) in [5.41, 5.74) is 0.657. The molecule has 0 radical (unpaired) electrons. The smallest absolute Gasteiger partial charge is 0.290 e. The second-order valence-electron chi connectivity index (χ2n) is 6.65. The minimum absolute atomic E-state index is 0.0248. The molecule has 1 atom stereocenters. The maximum atomic E-state index is 11.0. The van der Waals surface area contributed by atoms with Crippen LogP contribution in [0.1, 0.15) is 31.4 Å². The molecule has 1 aromatic rings. The summed E-state index contributed by atoms with van der Waals surface area (Å²) in [5, 5.41) is 20.7. The molecule has 0 bridgehead atoms. The van der Waals surface area contributed by atoms with Gasteiger partial charge in [-0.25, -0.2) is 4.98 Å². The molecule has 2 saturated heterocycles. The molecule has 126 valence electrons. The summed E-state index contributed by atoms with van der Waals surface area (Å²) in [6.45, 7) is 4.12. The number of ether oxygens (including phenoxy) is 1. The molecule has 2 aliphatic rings. The number of aliphatic hydroxyl groups is 1. The molecule has 2 fully saturated rings. The van der Waals surface area contributed by atoms with Gasteiger partial charge in [-0.2, -0.15) is 0 Å². The van der Waals surface area contributed by atoms with E-state index < -0.39 is 4.92 Å². The van der Waals surface area contributed by atoms with E-state index in [0.29, 0.717) is 5.69 Å². The first-order valence-electron chi connectivity index (χ1n) is 8.12. The zero-order valence-electron chi connectivity index (χ0n) is 13.4. The van der Waals surface area contributed by atoms with Gasteiger partial charge < -0.3 is 14.7 Å². The average molecular weight is 321 g/mol. The zero-order valence-corrected chi connectivity index (χ0v) is 13.4. The number of piperidine rings is 1. The molecular weight excluding hydrogens is 298 g/mol. The highest BCUT2D eigenvalue weighted by Gasteiger charge is 2.41. The monoisotopic (exact) mass is 321 g/mol. The first kappa shape index (κ1) is 16.1. The number of pyridine rings is 1. The Hall–Kier alpha value is -1.73. The zero-order chi connectivity index (χ0) is 16.4. The number of hydrogen-bond acceptors (Lipinski definition) is 6. The summed E-state index contributed by atoms with van der Waals surface area (Å²) in [6, 6.07) is 3.24. The van der Waals surface area contributed by atoms with Gasteiger partial charge >= 0.3 is 0 Å². The number of anilines is 1. The predicted molar refractivity (Wildman–Crippen MR) is 85.6 cm³/mol. The van der Waals surface area contributed by atoms with Crippen molar-refractivity contribution in [3.63, 3.8) is 0 Å². The summed E-state index contributed by atoms with van der Waals surface area (Å²) < 4.78 is 5.49. The largest absolute Gasteiger partial charge is 0.394 e. The molecule has 0 aromatic carbocycles. The lowest BCUT2D eigenvalue weighted by Crippen LogP contribution is -2.52. The Labute approximate surface area is 135 Å². The Kier molecular flexibility index (Phi) is 4.50. The van der Waals surface area contributed by atoms with Crippen LogP contribution in [-0.2, 0) is 4.74 Å². The van der Waals surface area contributed by atoms with Gasteiger partial charge in [-0.3, -0.25) is 10.1 Å². The van der Waals surface area contributed by atoms with Crippen LogP contribution in [0.3, 0.4) is 0 Å². The number of aliphatic hydroxyl groups excluding tert-OH is 1. The van der Waals surface area contributed by atoms with Gasteiger partial charge in [0, 0.05) is 25.8 Å². The standard InChI is InChI=1S/C16H23N3O4/c1-12-14(19(21)22)2-3-15(17-12)18-11-16(5-4-13(18)10-20)6-8-23-9-7-16/h2-3,13,20H,4-11H2,1H3. The molecule has 1 spiro atoms. The maximum absolute atomic E-state index is 11.0. The van der Waals surface area contributed by atoms with Crippen LogP contribution in [0.4, 0.5) is 11.5 Å². The van der Waals surface area contributed by atoms with Gasteiger partial charge in [0.05, 0.1) is 17.6 Å². The molecule has 1 aromatic heterocycles. The third-order valence-corrected chi connectivity index (χ3v) is 5.25. The van der Waals surface area contributed by atoms with Crippen LogP contribution < -0.4 is 4.90 Å². The lowest BCUT2D eigenvalue weighted by Gasteiger charge is -2.48. The number of hydrogen-bond donors (Lipinski definition) is 1. The van der Waals surface area contributed by atoms with Crippen molar-refractivity contribution in [1.29, 1.82) is 0 Å². The van der Waals surface area contributed by atoms with Crippen LogP contribution in [0.5, 0.6) is 0 Å². The fourth-order valence-electron chi connectivity index (χ4n) is 3.76. The first-order chi connectivity index (χ1) is 11.0. The van der Waals surface area contributed by atoms with E-state index >= 15 is 0 Å². The normalized spacial score (nSPS) is 23.9. The molecule has 7 nitrogen and oxygen atoms in total. The molecule has 1 unspecified atom stereocenters. The second kappa shape index (κ2) is 6.41. The summed E-state index contributed by atoms with van der Waals surface area (Å²) >= 11 is 0. The van der Waals surface area contributed by atoms with Crippen molar-refractivity contribution in [3.8, 4) is 0 Å². The molecular formula is C16H23N3O4. The summed E-state index contributed by atoms with van der Waals surface area (Å²) in [5.74, 6) is 0.720.